The van der Waals surface area contributed by atoms with Crippen LogP contribution in [-0.4, -0.2) is 57.4 Å². The quantitative estimate of drug-likeness (QED) is 0.521. The van der Waals surface area contributed by atoms with Crippen LogP contribution in [0.15, 0.2) is 41.4 Å². The summed E-state index contributed by atoms with van der Waals surface area (Å²) in [6, 6.07) is 12.4. The number of piperidine rings is 1. The zero-order valence-electron chi connectivity index (χ0n) is 19.0. The van der Waals surface area contributed by atoms with Crippen LogP contribution in [0.5, 0.6) is 17.2 Å². The average Bonchev–Trinajstić information content (AvgIpc) is 2.81. The molecule has 0 bridgehead atoms. The number of ether oxygens (including phenoxy) is 2. The second kappa shape index (κ2) is 10.8. The monoisotopic (exact) mass is 426 g/mol. The van der Waals surface area contributed by atoms with Gasteiger partial charge in [-0.05, 0) is 54.7 Å². The molecule has 3 rings (SSSR count). The predicted octanol–water partition coefficient (Wildman–Crippen LogP) is 3.61. The number of rotatable bonds is 7. The van der Waals surface area contributed by atoms with Crippen molar-refractivity contribution in [1.82, 2.24) is 10.2 Å². The van der Waals surface area contributed by atoms with E-state index < -0.39 is 0 Å². The SMILES string of the molecule is CN=C(NCc1cc(OC)c(O)c(OC)c1)N(C)Cc1ccc(N2CCCCC2)cc1. The third-order valence-corrected chi connectivity index (χ3v) is 5.64. The molecule has 0 unspecified atom stereocenters. The Kier molecular flexibility index (Phi) is 7.87. The lowest BCUT2D eigenvalue weighted by atomic mass is 10.1. The number of nitrogens with one attached hydrogen (secondary N) is 1. The Morgan fingerprint density at radius 2 is 1.65 bits per heavy atom. The first-order valence-corrected chi connectivity index (χ1v) is 10.7. The minimum Gasteiger partial charge on any atom is -0.502 e. The van der Waals surface area contributed by atoms with Crippen molar-refractivity contribution in [2.24, 2.45) is 4.99 Å². The van der Waals surface area contributed by atoms with Crippen molar-refractivity contribution in [2.75, 3.05) is 46.3 Å². The van der Waals surface area contributed by atoms with Crippen LogP contribution >= 0.6 is 0 Å². The van der Waals surface area contributed by atoms with E-state index in [2.05, 4.69) is 44.4 Å². The van der Waals surface area contributed by atoms with E-state index in [1.54, 1.807) is 19.2 Å². The van der Waals surface area contributed by atoms with Crippen molar-refractivity contribution in [2.45, 2.75) is 32.4 Å². The Morgan fingerprint density at radius 3 is 2.19 bits per heavy atom. The number of nitrogens with zero attached hydrogens (tertiary/aromatic N) is 3. The summed E-state index contributed by atoms with van der Waals surface area (Å²) in [5, 5.41) is 13.5. The Morgan fingerprint density at radius 1 is 1.03 bits per heavy atom. The third kappa shape index (κ3) is 5.75. The smallest absolute Gasteiger partial charge is 0.200 e. The Hall–Kier alpha value is -3.09. The molecule has 7 nitrogen and oxygen atoms in total. The van der Waals surface area contributed by atoms with Crippen molar-refractivity contribution in [3.8, 4) is 17.2 Å². The lowest BCUT2D eigenvalue weighted by Crippen LogP contribution is -2.38. The average molecular weight is 427 g/mol. The molecular weight excluding hydrogens is 392 g/mol. The number of benzene rings is 2. The molecule has 1 heterocycles. The number of guanidine groups is 1. The van der Waals surface area contributed by atoms with Gasteiger partial charge < -0.3 is 29.7 Å². The number of hydrogen-bond acceptors (Lipinski definition) is 5. The lowest BCUT2D eigenvalue weighted by molar-refractivity contribution is 0.339. The number of phenols is 1. The third-order valence-electron chi connectivity index (χ3n) is 5.64. The lowest BCUT2D eigenvalue weighted by Gasteiger charge is -2.29. The summed E-state index contributed by atoms with van der Waals surface area (Å²) in [6.45, 7) is 3.59. The van der Waals surface area contributed by atoms with Crippen molar-refractivity contribution < 1.29 is 14.6 Å². The highest BCUT2D eigenvalue weighted by Crippen LogP contribution is 2.37. The molecule has 2 N–H and O–H groups in total. The summed E-state index contributed by atoms with van der Waals surface area (Å²) in [7, 11) is 6.84. The van der Waals surface area contributed by atoms with Crippen molar-refractivity contribution in [3.63, 3.8) is 0 Å². The highest BCUT2D eigenvalue weighted by molar-refractivity contribution is 5.79. The highest BCUT2D eigenvalue weighted by Gasteiger charge is 2.14. The zero-order valence-corrected chi connectivity index (χ0v) is 19.0. The fourth-order valence-corrected chi connectivity index (χ4v) is 3.93. The van der Waals surface area contributed by atoms with Gasteiger partial charge in [-0.15, -0.1) is 0 Å². The van der Waals surface area contributed by atoms with Gasteiger partial charge in [-0.25, -0.2) is 0 Å². The molecule has 1 fully saturated rings. The maximum atomic E-state index is 10.1. The first-order chi connectivity index (χ1) is 15.0. The van der Waals surface area contributed by atoms with E-state index in [0.717, 1.165) is 31.2 Å². The zero-order chi connectivity index (χ0) is 22.2. The summed E-state index contributed by atoms with van der Waals surface area (Å²) < 4.78 is 10.5. The standard InChI is InChI=1S/C24H34N4O3/c1-25-24(26-16-19-14-21(30-3)23(29)22(15-19)31-4)27(2)17-18-8-10-20(11-9-18)28-12-6-5-7-13-28/h8-11,14-15,29H,5-7,12-13,16-17H2,1-4H3,(H,25,26). The highest BCUT2D eigenvalue weighted by atomic mass is 16.5. The van der Waals surface area contributed by atoms with Crippen LogP contribution in [0.25, 0.3) is 0 Å². The number of aliphatic imine (C=N–C) groups is 1. The fraction of sp³-hybridized carbons (Fsp3) is 0.458. The molecule has 7 heteroatoms. The predicted molar refractivity (Wildman–Crippen MR) is 125 cm³/mol. The molecule has 1 saturated heterocycles. The van der Waals surface area contributed by atoms with Gasteiger partial charge in [-0.3, -0.25) is 4.99 Å². The maximum absolute atomic E-state index is 10.1. The molecule has 168 valence electrons. The molecule has 2 aromatic rings. The van der Waals surface area contributed by atoms with Crippen molar-refractivity contribution >= 4 is 11.6 Å². The molecule has 0 aromatic heterocycles. The van der Waals surface area contributed by atoms with Gasteiger partial charge in [0.1, 0.15) is 0 Å². The first kappa shape index (κ1) is 22.6. The molecule has 1 aliphatic rings. The largest absolute Gasteiger partial charge is 0.502 e. The van der Waals surface area contributed by atoms with Crippen LogP contribution in [-0.2, 0) is 13.1 Å². The molecule has 2 aromatic carbocycles. The van der Waals surface area contributed by atoms with Gasteiger partial charge in [-0.1, -0.05) is 12.1 Å². The van der Waals surface area contributed by atoms with Crippen molar-refractivity contribution in [3.05, 3.63) is 47.5 Å². The molecule has 0 amide bonds. The number of methoxy groups -OCH3 is 2. The van der Waals surface area contributed by atoms with Crippen LogP contribution in [0, 0.1) is 0 Å². The van der Waals surface area contributed by atoms with E-state index in [1.165, 1.54) is 44.7 Å². The van der Waals surface area contributed by atoms with Gasteiger partial charge >= 0.3 is 0 Å². The van der Waals surface area contributed by atoms with Crippen molar-refractivity contribution in [1.29, 1.82) is 0 Å². The van der Waals surface area contributed by atoms with E-state index in [-0.39, 0.29) is 5.75 Å². The number of anilines is 1. The van der Waals surface area contributed by atoms with E-state index in [4.69, 9.17) is 9.47 Å². The van der Waals surface area contributed by atoms with Gasteiger partial charge in [-0.2, -0.15) is 0 Å². The summed E-state index contributed by atoms with van der Waals surface area (Å²) in [4.78, 5) is 8.96. The minimum absolute atomic E-state index is 0.00301. The maximum Gasteiger partial charge on any atom is 0.200 e. The Balaban J connectivity index is 1.60. The van der Waals surface area contributed by atoms with Gasteiger partial charge in [0.05, 0.1) is 14.2 Å². The fourth-order valence-electron chi connectivity index (χ4n) is 3.93. The van der Waals surface area contributed by atoms with Crippen LogP contribution in [0.3, 0.4) is 0 Å². The Labute approximate surface area is 185 Å². The molecular formula is C24H34N4O3. The molecule has 31 heavy (non-hydrogen) atoms. The summed E-state index contributed by atoms with van der Waals surface area (Å²) in [5.41, 5.74) is 3.47. The second-order valence-corrected chi connectivity index (χ2v) is 7.82. The number of phenolic OH excluding ortho intramolecular Hbond substituents is 1. The molecule has 1 aliphatic heterocycles. The van der Waals surface area contributed by atoms with E-state index in [1.807, 2.05) is 7.05 Å². The Bertz CT molecular complexity index is 852. The normalized spacial score (nSPS) is 14.3. The molecule has 0 atom stereocenters. The molecule has 0 saturated carbocycles. The van der Waals surface area contributed by atoms with Gasteiger partial charge in [0.25, 0.3) is 0 Å². The van der Waals surface area contributed by atoms with E-state index >= 15 is 0 Å². The van der Waals surface area contributed by atoms with Gasteiger partial charge in [0.15, 0.2) is 17.5 Å². The second-order valence-electron chi connectivity index (χ2n) is 7.82. The molecule has 0 aliphatic carbocycles. The van der Waals surface area contributed by atoms with E-state index in [9.17, 15) is 5.11 Å². The van der Waals surface area contributed by atoms with Crippen LogP contribution in [0.4, 0.5) is 5.69 Å². The number of aromatic hydroxyl groups is 1. The van der Waals surface area contributed by atoms with Crippen LogP contribution < -0.4 is 19.7 Å². The van der Waals surface area contributed by atoms with Crippen LogP contribution in [0.2, 0.25) is 0 Å². The summed E-state index contributed by atoms with van der Waals surface area (Å²) in [5.74, 6) is 1.55. The first-order valence-electron chi connectivity index (χ1n) is 10.7. The van der Waals surface area contributed by atoms with Gasteiger partial charge in [0, 0.05) is 46.0 Å². The van der Waals surface area contributed by atoms with Gasteiger partial charge in [0.2, 0.25) is 5.75 Å². The molecule has 0 radical (unpaired) electrons. The summed E-state index contributed by atoms with van der Waals surface area (Å²) >= 11 is 0. The van der Waals surface area contributed by atoms with E-state index in [0.29, 0.717) is 18.0 Å². The minimum atomic E-state index is 0.00301. The summed E-state index contributed by atoms with van der Waals surface area (Å²) in [6.07, 6.45) is 3.91. The van der Waals surface area contributed by atoms with Crippen LogP contribution in [0.1, 0.15) is 30.4 Å². The topological polar surface area (TPSA) is 69.6 Å². The number of hydrogen-bond donors (Lipinski definition) is 2. The molecule has 0 spiro atoms.